The molecular formula is C14H22N2OS. The van der Waals surface area contributed by atoms with E-state index in [1.54, 1.807) is 11.3 Å². The summed E-state index contributed by atoms with van der Waals surface area (Å²) < 4.78 is 0. The highest BCUT2D eigenvalue weighted by molar-refractivity contribution is 7.12. The number of nitrogens with zero attached hydrogens (tertiary/aromatic N) is 1. The molecule has 1 aromatic rings. The van der Waals surface area contributed by atoms with E-state index < -0.39 is 0 Å². The topological polar surface area (TPSA) is 32.3 Å². The summed E-state index contributed by atoms with van der Waals surface area (Å²) in [6.45, 7) is 8.37. The van der Waals surface area contributed by atoms with E-state index in [0.29, 0.717) is 6.04 Å². The molecule has 1 fully saturated rings. The third-order valence-electron chi connectivity index (χ3n) is 3.68. The van der Waals surface area contributed by atoms with E-state index in [0.717, 1.165) is 12.8 Å². The molecule has 1 aliphatic rings. The van der Waals surface area contributed by atoms with E-state index in [-0.39, 0.29) is 18.1 Å². The number of carbonyl (C=O) groups is 1. The van der Waals surface area contributed by atoms with Crippen molar-refractivity contribution in [1.29, 1.82) is 0 Å². The summed E-state index contributed by atoms with van der Waals surface area (Å²) in [5.41, 5.74) is 0. The van der Waals surface area contributed by atoms with Crippen molar-refractivity contribution in [2.24, 2.45) is 0 Å². The van der Waals surface area contributed by atoms with Crippen LogP contribution in [0.5, 0.6) is 0 Å². The summed E-state index contributed by atoms with van der Waals surface area (Å²) in [4.78, 5) is 16.9. The van der Waals surface area contributed by atoms with Gasteiger partial charge in [0.2, 0.25) is 5.91 Å². The molecule has 0 saturated carbocycles. The SMILES string of the molecule is CCC(CC)N1C(=O)C(C)NC1c1ccc(C)s1. The molecule has 3 nitrogen and oxygen atoms in total. The van der Waals surface area contributed by atoms with Gasteiger partial charge in [-0.15, -0.1) is 11.3 Å². The minimum Gasteiger partial charge on any atom is -0.318 e. The van der Waals surface area contributed by atoms with Crippen molar-refractivity contribution >= 4 is 17.2 Å². The van der Waals surface area contributed by atoms with Crippen LogP contribution in [0.25, 0.3) is 0 Å². The fourth-order valence-corrected chi connectivity index (χ4v) is 3.57. The van der Waals surface area contributed by atoms with Crippen molar-refractivity contribution in [3.63, 3.8) is 0 Å². The highest BCUT2D eigenvalue weighted by atomic mass is 32.1. The minimum atomic E-state index is -0.0713. The molecule has 0 spiro atoms. The van der Waals surface area contributed by atoms with Gasteiger partial charge in [-0.3, -0.25) is 10.1 Å². The Morgan fingerprint density at radius 2 is 2.06 bits per heavy atom. The highest BCUT2D eigenvalue weighted by Crippen LogP contribution is 2.33. The Kier molecular flexibility index (Phi) is 4.07. The molecule has 1 aromatic heterocycles. The minimum absolute atomic E-state index is 0.0658. The van der Waals surface area contributed by atoms with Crippen LogP contribution in [0.3, 0.4) is 0 Å². The largest absolute Gasteiger partial charge is 0.318 e. The normalized spacial score (nSPS) is 24.3. The van der Waals surface area contributed by atoms with Crippen molar-refractivity contribution in [1.82, 2.24) is 10.2 Å². The number of hydrogen-bond acceptors (Lipinski definition) is 3. The Balaban J connectivity index is 2.30. The molecule has 0 aliphatic carbocycles. The van der Waals surface area contributed by atoms with Gasteiger partial charge in [0.15, 0.2) is 0 Å². The molecule has 1 amide bonds. The zero-order valence-corrected chi connectivity index (χ0v) is 12.4. The van der Waals surface area contributed by atoms with Gasteiger partial charge in [-0.1, -0.05) is 13.8 Å². The van der Waals surface area contributed by atoms with Gasteiger partial charge in [0.05, 0.1) is 6.04 Å². The predicted octanol–water partition coefficient (Wildman–Crippen LogP) is 3.06. The van der Waals surface area contributed by atoms with Crippen LogP contribution in [-0.2, 0) is 4.79 Å². The quantitative estimate of drug-likeness (QED) is 0.908. The second-order valence-corrected chi connectivity index (χ2v) is 6.27. The molecule has 1 N–H and O–H groups in total. The summed E-state index contributed by atoms with van der Waals surface area (Å²) in [5, 5.41) is 3.42. The van der Waals surface area contributed by atoms with E-state index >= 15 is 0 Å². The molecule has 1 aliphatic heterocycles. The highest BCUT2D eigenvalue weighted by Gasteiger charge is 2.40. The summed E-state index contributed by atoms with van der Waals surface area (Å²) in [7, 11) is 0. The Morgan fingerprint density at radius 1 is 1.39 bits per heavy atom. The molecule has 1 saturated heterocycles. The van der Waals surface area contributed by atoms with Crippen LogP contribution < -0.4 is 5.32 Å². The van der Waals surface area contributed by atoms with Gasteiger partial charge in [0.25, 0.3) is 0 Å². The Morgan fingerprint density at radius 3 is 2.56 bits per heavy atom. The summed E-state index contributed by atoms with van der Waals surface area (Å²) in [5.74, 6) is 0.236. The van der Waals surface area contributed by atoms with Crippen molar-refractivity contribution in [3.05, 3.63) is 21.9 Å². The van der Waals surface area contributed by atoms with Gasteiger partial charge >= 0.3 is 0 Å². The van der Waals surface area contributed by atoms with E-state index in [9.17, 15) is 4.79 Å². The lowest BCUT2D eigenvalue weighted by Gasteiger charge is -2.31. The standard InChI is InChI=1S/C14H22N2OS/c1-5-11(6-2)16-13(15-10(4)14(16)17)12-8-7-9(3)18-12/h7-8,10-11,13,15H,5-6H2,1-4H3. The second kappa shape index (κ2) is 5.41. The lowest BCUT2D eigenvalue weighted by molar-refractivity contribution is -0.132. The van der Waals surface area contributed by atoms with Gasteiger partial charge in [-0.2, -0.15) is 0 Å². The number of thiophene rings is 1. The van der Waals surface area contributed by atoms with E-state index in [1.165, 1.54) is 9.75 Å². The van der Waals surface area contributed by atoms with Gasteiger partial charge in [-0.05, 0) is 38.8 Å². The first kappa shape index (κ1) is 13.6. The summed E-state index contributed by atoms with van der Waals surface area (Å²) in [6, 6.07) is 4.53. The van der Waals surface area contributed by atoms with Gasteiger partial charge < -0.3 is 4.90 Å². The maximum Gasteiger partial charge on any atom is 0.241 e. The Labute approximate surface area is 113 Å². The maximum absolute atomic E-state index is 12.3. The average molecular weight is 266 g/mol. The smallest absolute Gasteiger partial charge is 0.241 e. The molecular weight excluding hydrogens is 244 g/mol. The fourth-order valence-electron chi connectivity index (χ4n) is 2.63. The molecule has 18 heavy (non-hydrogen) atoms. The van der Waals surface area contributed by atoms with E-state index in [4.69, 9.17) is 0 Å². The first-order chi connectivity index (χ1) is 8.58. The van der Waals surface area contributed by atoms with Crippen LogP contribution in [-0.4, -0.2) is 22.9 Å². The van der Waals surface area contributed by atoms with E-state index in [1.807, 2.05) is 6.92 Å². The van der Waals surface area contributed by atoms with Crippen LogP contribution in [0.1, 0.15) is 49.5 Å². The van der Waals surface area contributed by atoms with Crippen LogP contribution in [0.4, 0.5) is 0 Å². The molecule has 2 unspecified atom stereocenters. The molecule has 2 rings (SSSR count). The second-order valence-electron chi connectivity index (χ2n) is 4.96. The Hall–Kier alpha value is -0.870. The number of carbonyl (C=O) groups excluding carboxylic acids is 1. The van der Waals surface area contributed by atoms with E-state index in [2.05, 4.69) is 43.1 Å². The van der Waals surface area contributed by atoms with Crippen molar-refractivity contribution in [2.45, 2.75) is 58.8 Å². The van der Waals surface area contributed by atoms with Crippen LogP contribution in [0.15, 0.2) is 12.1 Å². The fraction of sp³-hybridized carbons (Fsp3) is 0.643. The number of amides is 1. The van der Waals surface area contributed by atoms with Gasteiger partial charge in [0, 0.05) is 15.8 Å². The molecule has 0 bridgehead atoms. The monoisotopic (exact) mass is 266 g/mol. The molecule has 4 heteroatoms. The van der Waals surface area contributed by atoms with Gasteiger partial charge in [-0.25, -0.2) is 0 Å². The lowest BCUT2D eigenvalue weighted by Crippen LogP contribution is -2.39. The van der Waals surface area contributed by atoms with Crippen molar-refractivity contribution in [3.8, 4) is 0 Å². The third kappa shape index (κ3) is 2.31. The third-order valence-corrected chi connectivity index (χ3v) is 4.73. The average Bonchev–Trinajstić information content (AvgIpc) is 2.89. The lowest BCUT2D eigenvalue weighted by atomic mass is 10.1. The zero-order valence-electron chi connectivity index (χ0n) is 11.6. The molecule has 2 heterocycles. The molecule has 0 aromatic carbocycles. The molecule has 100 valence electrons. The predicted molar refractivity (Wildman–Crippen MR) is 75.6 cm³/mol. The Bertz CT molecular complexity index is 425. The van der Waals surface area contributed by atoms with Crippen LogP contribution >= 0.6 is 11.3 Å². The maximum atomic E-state index is 12.3. The zero-order chi connectivity index (χ0) is 13.3. The number of rotatable bonds is 4. The van der Waals surface area contributed by atoms with Gasteiger partial charge in [0.1, 0.15) is 6.17 Å². The number of nitrogens with one attached hydrogen (secondary N) is 1. The first-order valence-electron chi connectivity index (χ1n) is 6.73. The first-order valence-corrected chi connectivity index (χ1v) is 7.54. The summed E-state index contributed by atoms with van der Waals surface area (Å²) in [6.07, 6.45) is 2.09. The van der Waals surface area contributed by atoms with Crippen LogP contribution in [0.2, 0.25) is 0 Å². The molecule has 2 atom stereocenters. The number of aryl methyl sites for hydroxylation is 1. The van der Waals surface area contributed by atoms with Crippen molar-refractivity contribution < 1.29 is 4.79 Å². The van der Waals surface area contributed by atoms with Crippen LogP contribution in [0, 0.1) is 6.92 Å². The number of hydrogen-bond donors (Lipinski definition) is 1. The summed E-state index contributed by atoms with van der Waals surface area (Å²) >= 11 is 1.77. The van der Waals surface area contributed by atoms with Crippen molar-refractivity contribution in [2.75, 3.05) is 0 Å². The molecule has 0 radical (unpaired) electrons.